The Labute approximate surface area is 125 Å². The van der Waals surface area contributed by atoms with Gasteiger partial charge in [0.25, 0.3) is 5.91 Å². The highest BCUT2D eigenvalue weighted by Gasteiger charge is 2.20. The normalized spacial score (nSPS) is 10.3. The van der Waals surface area contributed by atoms with Crippen LogP contribution in [0.2, 0.25) is 0 Å². The zero-order chi connectivity index (χ0) is 14.4. The molecule has 1 N–H and O–H groups in total. The average Bonchev–Trinajstić information content (AvgIpc) is 2.32. The predicted molar refractivity (Wildman–Crippen MR) is 79.1 cm³/mol. The quantitative estimate of drug-likeness (QED) is 0.771. The number of carboxylic acid groups (broad SMARTS) is 1. The summed E-state index contributed by atoms with van der Waals surface area (Å²) in [5.41, 5.74) is 0. The maximum Gasteiger partial charge on any atom is 0.323 e. The molecule has 0 aliphatic carbocycles. The molecule has 6 heteroatoms. The smallest absolute Gasteiger partial charge is 0.323 e. The Morgan fingerprint density at radius 3 is 2.63 bits per heavy atom. The fraction of sp³-hybridized carbons (Fsp3) is 0.385. The highest BCUT2D eigenvalue weighted by atomic mass is 127. The van der Waals surface area contributed by atoms with E-state index in [2.05, 4.69) is 22.6 Å². The second-order valence-electron chi connectivity index (χ2n) is 4.26. The lowest BCUT2D eigenvalue weighted by atomic mass is 10.3. The summed E-state index contributed by atoms with van der Waals surface area (Å²) in [4.78, 5) is 23.9. The van der Waals surface area contributed by atoms with E-state index >= 15 is 0 Å². The number of nitrogens with zero attached hydrogens (tertiary/aromatic N) is 1. The molecule has 0 spiro atoms. The number of rotatable bonds is 6. The first-order valence-electron chi connectivity index (χ1n) is 5.79. The molecule has 1 rings (SSSR count). The van der Waals surface area contributed by atoms with Crippen molar-refractivity contribution < 1.29 is 19.4 Å². The van der Waals surface area contributed by atoms with Crippen molar-refractivity contribution in [1.29, 1.82) is 0 Å². The Morgan fingerprint density at radius 1 is 1.42 bits per heavy atom. The van der Waals surface area contributed by atoms with E-state index in [1.54, 1.807) is 19.9 Å². The van der Waals surface area contributed by atoms with Crippen molar-refractivity contribution in [3.8, 4) is 5.75 Å². The first-order chi connectivity index (χ1) is 8.90. The Hall–Kier alpha value is -1.31. The molecule has 19 heavy (non-hydrogen) atoms. The van der Waals surface area contributed by atoms with Gasteiger partial charge in [-0.1, -0.05) is 6.07 Å². The van der Waals surface area contributed by atoms with E-state index in [0.717, 1.165) is 3.57 Å². The van der Waals surface area contributed by atoms with E-state index in [-0.39, 0.29) is 25.1 Å². The number of hydrogen-bond donors (Lipinski definition) is 1. The van der Waals surface area contributed by atoms with Gasteiger partial charge in [0, 0.05) is 9.61 Å². The average molecular weight is 377 g/mol. The molecule has 0 bridgehead atoms. The van der Waals surface area contributed by atoms with Crippen LogP contribution in [0.5, 0.6) is 5.75 Å². The lowest BCUT2D eigenvalue weighted by molar-refractivity contribution is -0.146. The summed E-state index contributed by atoms with van der Waals surface area (Å²) < 4.78 is 6.38. The molecule has 0 saturated heterocycles. The van der Waals surface area contributed by atoms with E-state index in [0.29, 0.717) is 5.75 Å². The Morgan fingerprint density at radius 2 is 2.11 bits per heavy atom. The Kier molecular flexibility index (Phi) is 6.07. The predicted octanol–water partition coefficient (Wildman–Crippen LogP) is 1.99. The number of aliphatic carboxylic acids is 1. The van der Waals surface area contributed by atoms with Crippen LogP contribution in [0.1, 0.15) is 13.8 Å². The minimum atomic E-state index is -1.03. The molecule has 1 amide bonds. The molecule has 5 nitrogen and oxygen atoms in total. The van der Waals surface area contributed by atoms with Crippen LogP contribution in [0.3, 0.4) is 0 Å². The zero-order valence-electron chi connectivity index (χ0n) is 10.8. The van der Waals surface area contributed by atoms with E-state index in [9.17, 15) is 9.59 Å². The number of benzene rings is 1. The molecule has 0 fully saturated rings. The molecule has 0 unspecified atom stereocenters. The fourth-order valence-corrected chi connectivity index (χ4v) is 2.00. The molecule has 0 aromatic heterocycles. The van der Waals surface area contributed by atoms with Gasteiger partial charge in [-0.25, -0.2) is 0 Å². The highest BCUT2D eigenvalue weighted by molar-refractivity contribution is 14.1. The highest BCUT2D eigenvalue weighted by Crippen LogP contribution is 2.14. The number of amides is 1. The summed E-state index contributed by atoms with van der Waals surface area (Å²) >= 11 is 2.15. The second kappa shape index (κ2) is 7.32. The summed E-state index contributed by atoms with van der Waals surface area (Å²) in [5.74, 6) is -0.771. The van der Waals surface area contributed by atoms with Gasteiger partial charge in [0.1, 0.15) is 12.3 Å². The third-order valence-corrected chi connectivity index (χ3v) is 3.08. The van der Waals surface area contributed by atoms with Crippen LogP contribution in [-0.2, 0) is 9.59 Å². The molecule has 0 radical (unpaired) electrons. The first kappa shape index (κ1) is 15.7. The van der Waals surface area contributed by atoms with Crippen molar-refractivity contribution >= 4 is 34.5 Å². The SMILES string of the molecule is CC(C)N(CC(=O)O)C(=O)COc1cccc(I)c1. The van der Waals surface area contributed by atoms with Gasteiger partial charge >= 0.3 is 5.97 Å². The minimum absolute atomic E-state index is 0.161. The molecule has 0 atom stereocenters. The van der Waals surface area contributed by atoms with Crippen molar-refractivity contribution in [3.05, 3.63) is 27.8 Å². The Balaban J connectivity index is 2.59. The van der Waals surface area contributed by atoms with E-state index in [4.69, 9.17) is 9.84 Å². The summed E-state index contributed by atoms with van der Waals surface area (Å²) in [6, 6.07) is 7.14. The van der Waals surface area contributed by atoms with Crippen LogP contribution in [0.25, 0.3) is 0 Å². The monoisotopic (exact) mass is 377 g/mol. The van der Waals surface area contributed by atoms with Crippen molar-refractivity contribution in [2.24, 2.45) is 0 Å². The zero-order valence-corrected chi connectivity index (χ0v) is 13.0. The number of carbonyl (C=O) groups is 2. The summed E-state index contributed by atoms with van der Waals surface area (Å²) in [6.07, 6.45) is 0. The van der Waals surface area contributed by atoms with Crippen LogP contribution in [0, 0.1) is 3.57 Å². The van der Waals surface area contributed by atoms with Crippen LogP contribution >= 0.6 is 22.6 Å². The number of carbonyl (C=O) groups excluding carboxylic acids is 1. The largest absolute Gasteiger partial charge is 0.484 e. The van der Waals surface area contributed by atoms with Gasteiger partial charge in [0.15, 0.2) is 6.61 Å². The van der Waals surface area contributed by atoms with Crippen molar-refractivity contribution in [1.82, 2.24) is 4.90 Å². The van der Waals surface area contributed by atoms with Gasteiger partial charge in [-0.3, -0.25) is 9.59 Å². The van der Waals surface area contributed by atoms with Crippen molar-refractivity contribution in [2.75, 3.05) is 13.2 Å². The molecule has 0 saturated carbocycles. The van der Waals surface area contributed by atoms with Crippen LogP contribution in [0.4, 0.5) is 0 Å². The lowest BCUT2D eigenvalue weighted by Crippen LogP contribution is -2.43. The summed E-state index contributed by atoms with van der Waals surface area (Å²) in [5, 5.41) is 8.77. The third kappa shape index (κ3) is 5.46. The van der Waals surface area contributed by atoms with Crippen molar-refractivity contribution in [3.63, 3.8) is 0 Å². The van der Waals surface area contributed by atoms with E-state index < -0.39 is 5.97 Å². The number of carboxylic acids is 1. The molecule has 0 aliphatic rings. The maximum atomic E-state index is 11.9. The third-order valence-electron chi connectivity index (χ3n) is 2.41. The lowest BCUT2D eigenvalue weighted by Gasteiger charge is -2.24. The molecule has 104 valence electrons. The maximum absolute atomic E-state index is 11.9. The van der Waals surface area contributed by atoms with E-state index in [1.165, 1.54) is 4.90 Å². The summed E-state index contributed by atoms with van der Waals surface area (Å²) in [7, 11) is 0. The number of halogens is 1. The van der Waals surface area contributed by atoms with Gasteiger partial charge in [0.05, 0.1) is 0 Å². The molecule has 0 heterocycles. The molecule has 0 aliphatic heterocycles. The molecular weight excluding hydrogens is 361 g/mol. The van der Waals surface area contributed by atoms with Gasteiger partial charge in [-0.2, -0.15) is 0 Å². The fourth-order valence-electron chi connectivity index (χ4n) is 1.49. The Bertz CT molecular complexity index is 462. The standard InChI is InChI=1S/C13H16INO4/c1-9(2)15(7-13(17)18)12(16)8-19-11-5-3-4-10(14)6-11/h3-6,9H,7-8H2,1-2H3,(H,17,18). The van der Waals surface area contributed by atoms with Gasteiger partial charge in [0.2, 0.25) is 0 Å². The van der Waals surface area contributed by atoms with Gasteiger partial charge < -0.3 is 14.7 Å². The van der Waals surface area contributed by atoms with Gasteiger partial charge in [-0.05, 0) is 54.6 Å². The first-order valence-corrected chi connectivity index (χ1v) is 6.87. The number of ether oxygens (including phenoxy) is 1. The molecule has 1 aromatic rings. The van der Waals surface area contributed by atoms with Gasteiger partial charge in [-0.15, -0.1) is 0 Å². The van der Waals surface area contributed by atoms with Crippen LogP contribution < -0.4 is 4.74 Å². The van der Waals surface area contributed by atoms with Crippen LogP contribution in [-0.4, -0.2) is 41.1 Å². The minimum Gasteiger partial charge on any atom is -0.484 e. The van der Waals surface area contributed by atoms with Crippen molar-refractivity contribution in [2.45, 2.75) is 19.9 Å². The van der Waals surface area contributed by atoms with Crippen LogP contribution in [0.15, 0.2) is 24.3 Å². The summed E-state index contributed by atoms with van der Waals surface area (Å²) in [6.45, 7) is 3.07. The van der Waals surface area contributed by atoms with E-state index in [1.807, 2.05) is 18.2 Å². The topological polar surface area (TPSA) is 66.8 Å². The molecular formula is C13H16INO4. The second-order valence-corrected chi connectivity index (χ2v) is 5.50. The molecule has 1 aromatic carbocycles. The number of hydrogen-bond acceptors (Lipinski definition) is 3.